The van der Waals surface area contributed by atoms with Crippen molar-refractivity contribution in [3.63, 3.8) is 0 Å². The first-order valence-electron chi connectivity index (χ1n) is 8.13. The number of aliphatic hydroxyl groups excluding tert-OH is 1. The Morgan fingerprint density at radius 2 is 1.65 bits per heavy atom. The third kappa shape index (κ3) is 5.06. The van der Waals surface area contributed by atoms with Gasteiger partial charge in [0.05, 0.1) is 17.2 Å². The number of aromatic carboxylic acids is 1. The van der Waals surface area contributed by atoms with E-state index < -0.39 is 23.8 Å². The van der Waals surface area contributed by atoms with Crippen LogP contribution in [-0.4, -0.2) is 22.2 Å². The van der Waals surface area contributed by atoms with Gasteiger partial charge in [-0.2, -0.15) is 13.2 Å². The van der Waals surface area contributed by atoms with Crippen LogP contribution in [0.4, 0.5) is 13.2 Å². The van der Waals surface area contributed by atoms with Gasteiger partial charge in [-0.25, -0.2) is 4.79 Å². The number of nitrogens with one attached hydrogen (secondary N) is 1. The van der Waals surface area contributed by atoms with E-state index in [0.717, 1.165) is 17.7 Å². The monoisotopic (exact) mass is 367 g/mol. The summed E-state index contributed by atoms with van der Waals surface area (Å²) in [6, 6.07) is 10.4. The van der Waals surface area contributed by atoms with Crippen LogP contribution >= 0.6 is 0 Å². The Bertz CT molecular complexity index is 727. The lowest BCUT2D eigenvalue weighted by atomic mass is 9.98. The molecule has 0 heterocycles. The van der Waals surface area contributed by atoms with Gasteiger partial charge >= 0.3 is 12.1 Å². The summed E-state index contributed by atoms with van der Waals surface area (Å²) in [4.78, 5) is 10.8. The second-order valence-electron chi connectivity index (χ2n) is 5.96. The van der Waals surface area contributed by atoms with Gasteiger partial charge in [0.2, 0.25) is 0 Å². The van der Waals surface area contributed by atoms with Crippen molar-refractivity contribution >= 4 is 5.97 Å². The van der Waals surface area contributed by atoms with Crippen LogP contribution in [0.2, 0.25) is 0 Å². The van der Waals surface area contributed by atoms with Gasteiger partial charge in [-0.15, -0.1) is 0 Å². The third-order valence-corrected chi connectivity index (χ3v) is 4.17. The molecular weight excluding hydrogens is 347 g/mol. The maximum atomic E-state index is 12.6. The van der Waals surface area contributed by atoms with Crippen LogP contribution in [0.25, 0.3) is 0 Å². The van der Waals surface area contributed by atoms with E-state index >= 15 is 0 Å². The smallest absolute Gasteiger partial charge is 0.416 e. The zero-order valence-electron chi connectivity index (χ0n) is 14.1. The molecule has 0 aliphatic carbocycles. The van der Waals surface area contributed by atoms with Gasteiger partial charge in [-0.1, -0.05) is 31.2 Å². The van der Waals surface area contributed by atoms with Crippen molar-refractivity contribution in [1.29, 1.82) is 0 Å². The number of benzene rings is 2. The number of carboxylic acids is 1. The van der Waals surface area contributed by atoms with Gasteiger partial charge < -0.3 is 15.5 Å². The Kier molecular flexibility index (Phi) is 6.39. The van der Waals surface area contributed by atoms with Crippen molar-refractivity contribution in [2.75, 3.05) is 0 Å². The molecule has 0 aromatic heterocycles. The highest BCUT2D eigenvalue weighted by Gasteiger charge is 2.30. The van der Waals surface area contributed by atoms with Crippen LogP contribution in [-0.2, 0) is 12.7 Å². The van der Waals surface area contributed by atoms with E-state index in [-0.39, 0.29) is 11.6 Å². The van der Waals surface area contributed by atoms with Crippen molar-refractivity contribution in [2.24, 2.45) is 0 Å². The first-order valence-corrected chi connectivity index (χ1v) is 8.13. The highest BCUT2D eigenvalue weighted by Crippen LogP contribution is 2.30. The molecule has 0 fully saturated rings. The molecule has 0 spiro atoms. The van der Waals surface area contributed by atoms with Gasteiger partial charge in [0.25, 0.3) is 0 Å². The average Bonchev–Trinajstić information content (AvgIpc) is 2.61. The summed E-state index contributed by atoms with van der Waals surface area (Å²) in [5, 5.41) is 22.5. The fourth-order valence-corrected chi connectivity index (χ4v) is 2.59. The quantitative estimate of drug-likeness (QED) is 0.692. The fourth-order valence-electron chi connectivity index (χ4n) is 2.59. The largest absolute Gasteiger partial charge is 0.478 e. The lowest BCUT2D eigenvalue weighted by molar-refractivity contribution is -0.137. The maximum Gasteiger partial charge on any atom is 0.416 e. The molecule has 7 heteroatoms. The Labute approximate surface area is 149 Å². The minimum absolute atomic E-state index is 0.186. The van der Waals surface area contributed by atoms with Crippen LogP contribution in [0.5, 0.6) is 0 Å². The molecule has 0 aliphatic rings. The molecule has 0 radical (unpaired) electrons. The lowest BCUT2D eigenvalue weighted by Crippen LogP contribution is -2.34. The van der Waals surface area contributed by atoms with Gasteiger partial charge in [0, 0.05) is 12.6 Å². The van der Waals surface area contributed by atoms with Crippen molar-refractivity contribution in [2.45, 2.75) is 38.2 Å². The van der Waals surface area contributed by atoms with Gasteiger partial charge in [0.1, 0.15) is 0 Å². The minimum atomic E-state index is -4.41. The molecule has 0 bridgehead atoms. The molecule has 2 rings (SSSR count). The topological polar surface area (TPSA) is 69.6 Å². The molecule has 4 nitrogen and oxygen atoms in total. The molecule has 26 heavy (non-hydrogen) atoms. The van der Waals surface area contributed by atoms with Crippen LogP contribution in [0.1, 0.15) is 46.5 Å². The number of hydrogen-bond acceptors (Lipinski definition) is 3. The summed E-state index contributed by atoms with van der Waals surface area (Å²) < 4.78 is 37.9. The number of aliphatic hydroxyl groups is 1. The number of hydrogen-bond donors (Lipinski definition) is 3. The highest BCUT2D eigenvalue weighted by atomic mass is 19.4. The van der Waals surface area contributed by atoms with E-state index in [1.165, 1.54) is 24.3 Å². The Hall–Kier alpha value is -2.38. The predicted octanol–water partition coefficient (Wildman–Crippen LogP) is 4.01. The van der Waals surface area contributed by atoms with E-state index in [9.17, 15) is 23.1 Å². The van der Waals surface area contributed by atoms with E-state index in [0.29, 0.717) is 18.5 Å². The molecule has 0 aliphatic heterocycles. The summed E-state index contributed by atoms with van der Waals surface area (Å²) in [6.07, 6.45) is -4.80. The molecule has 0 saturated carbocycles. The fraction of sp³-hybridized carbons (Fsp3) is 0.316. The Balaban J connectivity index is 2.01. The third-order valence-electron chi connectivity index (χ3n) is 4.17. The van der Waals surface area contributed by atoms with E-state index in [4.69, 9.17) is 5.11 Å². The first-order chi connectivity index (χ1) is 12.2. The SMILES string of the molecule is CCC(NCc1ccc(C(=O)O)cc1)C(O)c1ccc(C(F)(F)F)cc1. The molecule has 0 saturated heterocycles. The van der Waals surface area contributed by atoms with E-state index in [1.54, 1.807) is 12.1 Å². The molecule has 2 atom stereocenters. The van der Waals surface area contributed by atoms with Gasteiger partial charge in [-0.3, -0.25) is 0 Å². The second-order valence-corrected chi connectivity index (χ2v) is 5.96. The highest BCUT2D eigenvalue weighted by molar-refractivity contribution is 5.87. The molecule has 3 N–H and O–H groups in total. The molecular formula is C19H20F3NO3. The normalized spacial score (nSPS) is 14.0. The number of rotatable bonds is 7. The van der Waals surface area contributed by atoms with Gasteiger partial charge in [-0.05, 0) is 41.8 Å². The zero-order valence-corrected chi connectivity index (χ0v) is 14.1. The Morgan fingerprint density at radius 3 is 2.12 bits per heavy atom. The number of halogens is 3. The second kappa shape index (κ2) is 8.33. The van der Waals surface area contributed by atoms with Gasteiger partial charge in [0.15, 0.2) is 0 Å². The number of alkyl halides is 3. The van der Waals surface area contributed by atoms with E-state index in [2.05, 4.69) is 5.32 Å². The summed E-state index contributed by atoms with van der Waals surface area (Å²) in [6.45, 7) is 2.26. The molecule has 140 valence electrons. The molecule has 0 amide bonds. The van der Waals surface area contributed by atoms with Crippen molar-refractivity contribution in [3.8, 4) is 0 Å². The minimum Gasteiger partial charge on any atom is -0.478 e. The van der Waals surface area contributed by atoms with Crippen LogP contribution in [0, 0.1) is 0 Å². The molecule has 2 unspecified atom stereocenters. The standard InChI is InChI=1S/C19H20F3NO3/c1-2-16(23-11-12-3-5-14(6-4-12)18(25)26)17(24)13-7-9-15(10-8-13)19(20,21)22/h3-10,16-17,23-24H,2,11H2,1H3,(H,25,26). The van der Waals surface area contributed by atoms with Crippen molar-refractivity contribution < 1.29 is 28.2 Å². The zero-order chi connectivity index (χ0) is 19.3. The lowest BCUT2D eigenvalue weighted by Gasteiger charge is -2.24. The van der Waals surface area contributed by atoms with Crippen LogP contribution < -0.4 is 5.32 Å². The molecule has 2 aromatic carbocycles. The van der Waals surface area contributed by atoms with Crippen molar-refractivity contribution in [3.05, 3.63) is 70.8 Å². The summed E-state index contributed by atoms with van der Waals surface area (Å²) in [7, 11) is 0. The molecule has 2 aromatic rings. The first kappa shape index (κ1) is 19.9. The van der Waals surface area contributed by atoms with Crippen molar-refractivity contribution in [1.82, 2.24) is 5.32 Å². The summed E-state index contributed by atoms with van der Waals surface area (Å²) in [5.41, 5.74) is 0.671. The average molecular weight is 367 g/mol. The van der Waals surface area contributed by atoms with Crippen LogP contribution in [0.15, 0.2) is 48.5 Å². The number of carbonyl (C=O) groups is 1. The van der Waals surface area contributed by atoms with E-state index in [1.807, 2.05) is 6.92 Å². The predicted molar refractivity (Wildman–Crippen MR) is 90.7 cm³/mol. The van der Waals surface area contributed by atoms with Crippen LogP contribution in [0.3, 0.4) is 0 Å². The maximum absolute atomic E-state index is 12.6. The number of carboxylic acid groups (broad SMARTS) is 1. The Morgan fingerprint density at radius 1 is 1.08 bits per heavy atom. The summed E-state index contributed by atoms with van der Waals surface area (Å²) in [5.74, 6) is -1.01. The summed E-state index contributed by atoms with van der Waals surface area (Å²) >= 11 is 0.